The average Bonchev–Trinajstić information content (AvgIpc) is 3.44. The first-order chi connectivity index (χ1) is 15.0. The molecule has 0 saturated carbocycles. The van der Waals surface area contributed by atoms with Gasteiger partial charge >= 0.3 is 0 Å². The van der Waals surface area contributed by atoms with Crippen molar-refractivity contribution in [2.45, 2.75) is 26.3 Å². The highest BCUT2D eigenvalue weighted by molar-refractivity contribution is 6.37. The Morgan fingerprint density at radius 3 is 2.45 bits per heavy atom. The molecule has 0 aliphatic carbocycles. The number of hydrogen-bond donors (Lipinski definition) is 1. The summed E-state index contributed by atoms with van der Waals surface area (Å²) < 4.78 is 3.19. The van der Waals surface area contributed by atoms with E-state index >= 15 is 0 Å². The monoisotopic (exact) mass is 455 g/mol. The van der Waals surface area contributed by atoms with E-state index in [4.69, 9.17) is 23.2 Å². The number of hydrogen-bond acceptors (Lipinski definition) is 5. The van der Waals surface area contributed by atoms with Gasteiger partial charge < -0.3 is 5.32 Å². The van der Waals surface area contributed by atoms with Crippen LogP contribution in [0.5, 0.6) is 0 Å². The largest absolute Gasteiger partial charge is 0.343 e. The Morgan fingerprint density at radius 2 is 1.84 bits per heavy atom. The van der Waals surface area contributed by atoms with Crippen molar-refractivity contribution in [3.8, 4) is 11.4 Å². The summed E-state index contributed by atoms with van der Waals surface area (Å²) in [5.41, 5.74) is 2.32. The molecular formula is C21H19Cl2N7O. The lowest BCUT2D eigenvalue weighted by Crippen LogP contribution is -2.27. The normalized spacial score (nSPS) is 12.0. The van der Waals surface area contributed by atoms with Crippen LogP contribution in [0.15, 0.2) is 55.1 Å². The van der Waals surface area contributed by atoms with Gasteiger partial charge in [0.15, 0.2) is 0 Å². The summed E-state index contributed by atoms with van der Waals surface area (Å²) in [5, 5.41) is 12.3. The van der Waals surface area contributed by atoms with Crippen molar-refractivity contribution in [2.24, 2.45) is 0 Å². The van der Waals surface area contributed by atoms with E-state index in [0.29, 0.717) is 28.0 Å². The molecule has 4 rings (SSSR count). The quantitative estimate of drug-likeness (QED) is 0.470. The minimum Gasteiger partial charge on any atom is -0.343 e. The maximum atomic E-state index is 12.8. The molecule has 10 heteroatoms. The predicted molar refractivity (Wildman–Crippen MR) is 118 cm³/mol. The number of rotatable bonds is 6. The molecule has 2 aromatic carbocycles. The van der Waals surface area contributed by atoms with Crippen LogP contribution in [0.25, 0.3) is 11.4 Å². The van der Waals surface area contributed by atoms with E-state index in [1.54, 1.807) is 29.2 Å². The summed E-state index contributed by atoms with van der Waals surface area (Å²) >= 11 is 12.6. The third kappa shape index (κ3) is 4.30. The molecule has 1 atom stereocenters. The Bertz CT molecular complexity index is 1180. The molecule has 1 amide bonds. The van der Waals surface area contributed by atoms with E-state index in [-0.39, 0.29) is 17.8 Å². The minimum atomic E-state index is -0.385. The van der Waals surface area contributed by atoms with Crippen molar-refractivity contribution in [3.05, 3.63) is 82.4 Å². The van der Waals surface area contributed by atoms with Gasteiger partial charge in [-0.1, -0.05) is 48.3 Å². The molecule has 0 radical (unpaired) electrons. The van der Waals surface area contributed by atoms with Crippen LogP contribution in [0.4, 0.5) is 0 Å². The Morgan fingerprint density at radius 1 is 1.13 bits per heavy atom. The van der Waals surface area contributed by atoms with Gasteiger partial charge in [0.05, 0.1) is 21.8 Å². The van der Waals surface area contributed by atoms with E-state index < -0.39 is 0 Å². The number of aryl methyl sites for hydroxylation is 1. The Hall–Kier alpha value is -3.23. The molecule has 31 heavy (non-hydrogen) atoms. The van der Waals surface area contributed by atoms with Crippen LogP contribution < -0.4 is 5.32 Å². The molecular weight excluding hydrogens is 437 g/mol. The fourth-order valence-corrected chi connectivity index (χ4v) is 3.70. The highest BCUT2D eigenvalue weighted by atomic mass is 35.5. The van der Waals surface area contributed by atoms with E-state index in [2.05, 4.69) is 25.5 Å². The maximum Gasteiger partial charge on any atom is 0.291 e. The fraction of sp³-hybridized carbons (Fsp3) is 0.190. The first kappa shape index (κ1) is 21.0. The smallest absolute Gasteiger partial charge is 0.291 e. The van der Waals surface area contributed by atoms with Gasteiger partial charge in [-0.15, -0.1) is 5.10 Å². The summed E-state index contributed by atoms with van der Waals surface area (Å²) in [6, 6.07) is 12.6. The van der Waals surface area contributed by atoms with Crippen LogP contribution in [-0.4, -0.2) is 35.4 Å². The number of carbonyl (C=O) groups is 1. The number of para-hydroxylation sites is 1. The average molecular weight is 456 g/mol. The van der Waals surface area contributed by atoms with Crippen LogP contribution in [0.3, 0.4) is 0 Å². The molecule has 0 spiro atoms. The maximum absolute atomic E-state index is 12.8. The standard InChI is InChI=1S/C21H19Cl2N7O/c1-3-18-27-20(28-30(18)19-16(22)5-4-6-17(19)23)21(31)26-13(2)14-7-9-15(10-8-14)29-12-24-11-25-29/h4-13H,3H2,1-2H3,(H,26,31). The molecule has 0 aliphatic heterocycles. The fourth-order valence-electron chi connectivity index (χ4n) is 3.14. The van der Waals surface area contributed by atoms with Gasteiger partial charge in [-0.3, -0.25) is 4.79 Å². The lowest BCUT2D eigenvalue weighted by atomic mass is 10.1. The third-order valence-electron chi connectivity index (χ3n) is 4.77. The zero-order valence-electron chi connectivity index (χ0n) is 16.8. The van der Waals surface area contributed by atoms with Crippen molar-refractivity contribution >= 4 is 29.1 Å². The molecule has 158 valence electrons. The molecule has 1 N–H and O–H groups in total. The van der Waals surface area contributed by atoms with Crippen molar-refractivity contribution in [2.75, 3.05) is 0 Å². The molecule has 4 aromatic rings. The number of nitrogens with one attached hydrogen (secondary N) is 1. The minimum absolute atomic E-state index is 0.0546. The van der Waals surface area contributed by atoms with E-state index in [1.807, 2.05) is 38.1 Å². The highest BCUT2D eigenvalue weighted by Crippen LogP contribution is 2.28. The number of benzene rings is 2. The summed E-state index contributed by atoms with van der Waals surface area (Å²) in [6.07, 6.45) is 3.66. The molecule has 0 bridgehead atoms. The lowest BCUT2D eigenvalue weighted by molar-refractivity contribution is 0.0929. The predicted octanol–water partition coefficient (Wildman–Crippen LogP) is 4.21. The van der Waals surface area contributed by atoms with Crippen molar-refractivity contribution in [3.63, 3.8) is 0 Å². The van der Waals surface area contributed by atoms with Crippen LogP contribution in [0.2, 0.25) is 10.0 Å². The third-order valence-corrected chi connectivity index (χ3v) is 5.38. The number of carbonyl (C=O) groups excluding carboxylic acids is 1. The molecule has 2 aromatic heterocycles. The highest BCUT2D eigenvalue weighted by Gasteiger charge is 2.21. The second-order valence-electron chi connectivity index (χ2n) is 6.81. The van der Waals surface area contributed by atoms with Gasteiger partial charge in [0.1, 0.15) is 24.2 Å². The van der Waals surface area contributed by atoms with E-state index in [0.717, 1.165) is 11.3 Å². The number of aromatic nitrogens is 6. The van der Waals surface area contributed by atoms with Gasteiger partial charge in [-0.25, -0.2) is 19.3 Å². The molecule has 8 nitrogen and oxygen atoms in total. The zero-order chi connectivity index (χ0) is 22.0. The van der Waals surface area contributed by atoms with Gasteiger partial charge in [-0.05, 0) is 36.8 Å². The number of halogens is 2. The number of amides is 1. The van der Waals surface area contributed by atoms with Gasteiger partial charge in [-0.2, -0.15) is 5.10 Å². The molecule has 1 unspecified atom stereocenters. The molecule has 0 aliphatic rings. The second kappa shape index (κ2) is 8.87. The second-order valence-corrected chi connectivity index (χ2v) is 7.63. The Kier molecular flexibility index (Phi) is 6.01. The topological polar surface area (TPSA) is 90.5 Å². The van der Waals surface area contributed by atoms with Gasteiger partial charge in [0, 0.05) is 6.42 Å². The van der Waals surface area contributed by atoms with Crippen LogP contribution >= 0.6 is 23.2 Å². The Balaban J connectivity index is 1.54. The zero-order valence-corrected chi connectivity index (χ0v) is 18.3. The molecule has 0 saturated heterocycles. The van der Waals surface area contributed by atoms with Gasteiger partial charge in [0.25, 0.3) is 5.91 Å². The summed E-state index contributed by atoms with van der Waals surface area (Å²) in [5.74, 6) is 0.258. The summed E-state index contributed by atoms with van der Waals surface area (Å²) in [7, 11) is 0. The summed E-state index contributed by atoms with van der Waals surface area (Å²) in [4.78, 5) is 21.2. The van der Waals surface area contributed by atoms with Crippen molar-refractivity contribution < 1.29 is 4.79 Å². The lowest BCUT2D eigenvalue weighted by Gasteiger charge is -2.13. The van der Waals surface area contributed by atoms with Crippen LogP contribution in [0, 0.1) is 0 Å². The number of nitrogens with zero attached hydrogens (tertiary/aromatic N) is 6. The SMILES string of the molecule is CCc1nc(C(=O)NC(C)c2ccc(-n3cncn3)cc2)nn1-c1c(Cl)cccc1Cl. The van der Waals surface area contributed by atoms with E-state index in [1.165, 1.54) is 11.0 Å². The van der Waals surface area contributed by atoms with Crippen LogP contribution in [-0.2, 0) is 6.42 Å². The van der Waals surface area contributed by atoms with Crippen LogP contribution in [0.1, 0.15) is 41.9 Å². The van der Waals surface area contributed by atoms with Gasteiger partial charge in [0.2, 0.25) is 5.82 Å². The first-order valence-electron chi connectivity index (χ1n) is 9.64. The van der Waals surface area contributed by atoms with Crippen molar-refractivity contribution in [1.82, 2.24) is 34.8 Å². The Labute approximate surface area is 188 Å². The molecule has 2 heterocycles. The summed E-state index contributed by atoms with van der Waals surface area (Å²) in [6.45, 7) is 3.82. The van der Waals surface area contributed by atoms with E-state index in [9.17, 15) is 4.79 Å². The first-order valence-corrected chi connectivity index (χ1v) is 10.4. The van der Waals surface area contributed by atoms with Crippen molar-refractivity contribution in [1.29, 1.82) is 0 Å². The molecule has 0 fully saturated rings.